The number of hydrogen-bond donors (Lipinski definition) is 2. The third kappa shape index (κ3) is 5.66. The number of likely N-dealkylation sites (tertiary alicyclic amines) is 2. The molecule has 11 heteroatoms. The minimum atomic E-state index is -0.592. The highest BCUT2D eigenvalue weighted by molar-refractivity contribution is 6.09. The molecule has 3 saturated heterocycles. The standard InChI is InChI=1S/C38H53N9O2/c1-4-12-40-35-34-32(41-25-46(34)26(2)3)24-31(42-35)27-8-9-30-33(21-27)47(29-22-28(23-29)43-15-6-5-7-16-43)36(48)38(30)10-17-44(18-11-38)37(49)45-19-13-39-14-20-45/h8-9,21,24-26,28-29,39H,4-7,10-20,22-23H2,1-3H3,(H,40,42)/t28-,29+. The number of nitrogens with zero attached hydrogens (tertiary/aromatic N) is 7. The van der Waals surface area contributed by atoms with Crippen LogP contribution >= 0.6 is 0 Å². The summed E-state index contributed by atoms with van der Waals surface area (Å²) in [5.41, 5.74) is 5.41. The lowest BCUT2D eigenvalue weighted by atomic mass is 9.73. The quantitative estimate of drug-likeness (QED) is 0.356. The fraction of sp³-hybridized carbons (Fsp3) is 0.632. The van der Waals surface area contributed by atoms with E-state index in [9.17, 15) is 9.59 Å². The third-order valence-corrected chi connectivity index (χ3v) is 12.0. The first-order valence-electron chi connectivity index (χ1n) is 19.0. The van der Waals surface area contributed by atoms with Crippen molar-refractivity contribution >= 4 is 34.5 Å². The number of anilines is 2. The second-order valence-electron chi connectivity index (χ2n) is 15.3. The average Bonchev–Trinajstić information content (AvgIpc) is 3.65. The van der Waals surface area contributed by atoms with E-state index < -0.39 is 5.41 Å². The van der Waals surface area contributed by atoms with Gasteiger partial charge in [0.25, 0.3) is 0 Å². The van der Waals surface area contributed by atoms with Gasteiger partial charge in [-0.05, 0) is 89.6 Å². The number of nitrogens with one attached hydrogen (secondary N) is 2. The van der Waals surface area contributed by atoms with E-state index in [1.165, 1.54) is 32.4 Å². The van der Waals surface area contributed by atoms with E-state index in [1.807, 2.05) is 16.1 Å². The number of pyridine rings is 1. The summed E-state index contributed by atoms with van der Waals surface area (Å²) < 4.78 is 2.19. The molecule has 262 valence electrons. The zero-order valence-electron chi connectivity index (χ0n) is 29.6. The van der Waals surface area contributed by atoms with Crippen LogP contribution in [0.5, 0.6) is 0 Å². The Morgan fingerprint density at radius 2 is 1.71 bits per heavy atom. The fourth-order valence-corrected chi connectivity index (χ4v) is 9.05. The van der Waals surface area contributed by atoms with E-state index in [1.54, 1.807) is 0 Å². The fourth-order valence-electron chi connectivity index (χ4n) is 9.05. The summed E-state index contributed by atoms with van der Waals surface area (Å²) in [4.78, 5) is 47.0. The predicted molar refractivity (Wildman–Crippen MR) is 194 cm³/mol. The summed E-state index contributed by atoms with van der Waals surface area (Å²) in [7, 11) is 0. The molecule has 1 aliphatic carbocycles. The van der Waals surface area contributed by atoms with Gasteiger partial charge in [-0.25, -0.2) is 14.8 Å². The molecule has 4 fully saturated rings. The summed E-state index contributed by atoms with van der Waals surface area (Å²) in [5, 5.41) is 6.92. The average molecular weight is 668 g/mol. The van der Waals surface area contributed by atoms with E-state index in [2.05, 4.69) is 70.0 Å². The van der Waals surface area contributed by atoms with Crippen LogP contribution in [0.1, 0.15) is 83.7 Å². The van der Waals surface area contributed by atoms with Crippen molar-refractivity contribution in [2.24, 2.45) is 0 Å². The van der Waals surface area contributed by atoms with E-state index in [-0.39, 0.29) is 24.0 Å². The van der Waals surface area contributed by atoms with Crippen LogP contribution in [-0.4, -0.2) is 112 Å². The monoisotopic (exact) mass is 667 g/mol. The first kappa shape index (κ1) is 32.5. The molecule has 3 aromatic rings. The zero-order chi connectivity index (χ0) is 33.7. The van der Waals surface area contributed by atoms with Gasteiger partial charge in [-0.3, -0.25) is 4.79 Å². The van der Waals surface area contributed by atoms with Crippen molar-refractivity contribution in [3.05, 3.63) is 36.2 Å². The number of aromatic nitrogens is 3. The molecule has 3 amide bonds. The lowest BCUT2D eigenvalue weighted by molar-refractivity contribution is -0.125. The first-order chi connectivity index (χ1) is 23.9. The number of amides is 3. The van der Waals surface area contributed by atoms with Crippen molar-refractivity contribution in [2.45, 2.75) is 95.7 Å². The van der Waals surface area contributed by atoms with Crippen molar-refractivity contribution in [1.29, 1.82) is 0 Å². The molecular formula is C38H53N9O2. The molecule has 1 saturated carbocycles. The second-order valence-corrected chi connectivity index (χ2v) is 15.3. The molecule has 49 heavy (non-hydrogen) atoms. The van der Waals surface area contributed by atoms with Crippen LogP contribution in [-0.2, 0) is 10.2 Å². The summed E-state index contributed by atoms with van der Waals surface area (Å²) in [6.07, 6.45) is 10.2. The Balaban J connectivity index is 1.13. The largest absolute Gasteiger partial charge is 0.368 e. The van der Waals surface area contributed by atoms with Gasteiger partial charge >= 0.3 is 6.03 Å². The molecule has 6 heterocycles. The summed E-state index contributed by atoms with van der Waals surface area (Å²) >= 11 is 0. The highest BCUT2D eigenvalue weighted by Gasteiger charge is 2.56. The Morgan fingerprint density at radius 3 is 2.43 bits per heavy atom. The number of carbonyl (C=O) groups excluding carboxylic acids is 2. The lowest BCUT2D eigenvalue weighted by Crippen LogP contribution is -2.59. The van der Waals surface area contributed by atoms with E-state index in [0.29, 0.717) is 32.0 Å². The van der Waals surface area contributed by atoms with Gasteiger partial charge < -0.3 is 34.8 Å². The zero-order valence-corrected chi connectivity index (χ0v) is 29.6. The van der Waals surface area contributed by atoms with Gasteiger partial charge in [-0.15, -0.1) is 0 Å². The van der Waals surface area contributed by atoms with Crippen LogP contribution in [0.3, 0.4) is 0 Å². The van der Waals surface area contributed by atoms with Gasteiger partial charge in [0, 0.05) is 75.2 Å². The summed E-state index contributed by atoms with van der Waals surface area (Å²) in [6.45, 7) is 14.1. The molecular weight excluding hydrogens is 614 g/mol. The van der Waals surface area contributed by atoms with Gasteiger partial charge in [0.15, 0.2) is 5.82 Å². The van der Waals surface area contributed by atoms with Gasteiger partial charge in [-0.2, -0.15) is 0 Å². The van der Waals surface area contributed by atoms with E-state index in [0.717, 1.165) is 91.3 Å². The van der Waals surface area contributed by atoms with Gasteiger partial charge in [0.1, 0.15) is 5.52 Å². The molecule has 1 aromatic carbocycles. The molecule has 4 aliphatic heterocycles. The van der Waals surface area contributed by atoms with Crippen LogP contribution in [0.2, 0.25) is 0 Å². The van der Waals surface area contributed by atoms with Crippen molar-refractivity contribution in [3.63, 3.8) is 0 Å². The number of rotatable bonds is 7. The van der Waals surface area contributed by atoms with Crippen molar-refractivity contribution in [2.75, 3.05) is 69.1 Å². The number of imidazole rings is 1. The maximum Gasteiger partial charge on any atom is 0.320 e. The number of hydrogen-bond acceptors (Lipinski definition) is 7. The number of fused-ring (bicyclic) bond motifs is 3. The van der Waals surface area contributed by atoms with E-state index >= 15 is 0 Å². The molecule has 2 aromatic heterocycles. The van der Waals surface area contributed by atoms with Gasteiger partial charge in [0.05, 0.1) is 23.0 Å². The molecule has 1 spiro atoms. The third-order valence-electron chi connectivity index (χ3n) is 12.0. The Labute approximate surface area is 290 Å². The number of carbonyl (C=O) groups is 2. The maximum atomic E-state index is 14.8. The SMILES string of the molecule is CCCNc1nc(-c2ccc3c(c2)N([C@H]2C[C@@H](N4CCCCC4)C2)C(=O)C32CCN(C(=O)N3CCNCC3)CC2)cc2ncn(C(C)C)c12. The van der Waals surface area contributed by atoms with Crippen LogP contribution < -0.4 is 15.5 Å². The lowest BCUT2D eigenvalue weighted by Gasteiger charge is -2.48. The first-order valence-corrected chi connectivity index (χ1v) is 19.0. The smallest absolute Gasteiger partial charge is 0.320 e. The molecule has 11 nitrogen and oxygen atoms in total. The number of piperidine rings is 2. The number of benzene rings is 1. The van der Waals surface area contributed by atoms with Gasteiger partial charge in [-0.1, -0.05) is 25.5 Å². The molecule has 2 N–H and O–H groups in total. The van der Waals surface area contributed by atoms with Crippen LogP contribution in [0.25, 0.3) is 22.3 Å². The summed E-state index contributed by atoms with van der Waals surface area (Å²) in [5.74, 6) is 1.09. The van der Waals surface area contributed by atoms with Crippen LogP contribution in [0.4, 0.5) is 16.3 Å². The van der Waals surface area contributed by atoms with Crippen LogP contribution in [0.15, 0.2) is 30.6 Å². The Morgan fingerprint density at radius 1 is 0.980 bits per heavy atom. The molecule has 0 bridgehead atoms. The number of urea groups is 1. The van der Waals surface area contributed by atoms with Crippen molar-refractivity contribution in [1.82, 2.24) is 34.6 Å². The highest BCUT2D eigenvalue weighted by Crippen LogP contribution is 2.52. The van der Waals surface area contributed by atoms with Crippen molar-refractivity contribution < 1.29 is 9.59 Å². The predicted octanol–water partition coefficient (Wildman–Crippen LogP) is 5.22. The van der Waals surface area contributed by atoms with Crippen LogP contribution in [0, 0.1) is 0 Å². The Kier molecular flexibility index (Phi) is 8.76. The molecule has 8 rings (SSSR count). The normalized spacial score (nSPS) is 24.2. The Hall–Kier alpha value is -3.70. The van der Waals surface area contributed by atoms with E-state index in [4.69, 9.17) is 9.97 Å². The van der Waals surface area contributed by atoms with Crippen molar-refractivity contribution in [3.8, 4) is 11.3 Å². The highest BCUT2D eigenvalue weighted by atomic mass is 16.2. The molecule has 0 radical (unpaired) electrons. The summed E-state index contributed by atoms with van der Waals surface area (Å²) in [6, 6.07) is 9.83. The number of piperazine rings is 1. The van der Waals surface area contributed by atoms with Gasteiger partial charge in [0.2, 0.25) is 5.91 Å². The minimum absolute atomic E-state index is 0.117. The Bertz CT molecular complexity index is 1690. The topological polar surface area (TPSA) is 102 Å². The minimum Gasteiger partial charge on any atom is -0.368 e. The second kappa shape index (κ2) is 13.2. The molecule has 5 aliphatic rings. The molecule has 0 atom stereocenters. The maximum absolute atomic E-state index is 14.8. The molecule has 0 unspecified atom stereocenters.